The second-order valence-corrected chi connectivity index (χ2v) is 7.35. The van der Waals surface area contributed by atoms with Crippen LogP contribution in [0, 0.1) is 0 Å². The molecule has 3 N–H and O–H groups in total. The number of guanidine groups is 1. The van der Waals surface area contributed by atoms with Crippen LogP contribution in [0.25, 0.3) is 0 Å². The molecule has 0 radical (unpaired) electrons. The zero-order valence-electron chi connectivity index (χ0n) is 14.1. The van der Waals surface area contributed by atoms with Crippen molar-refractivity contribution in [2.45, 2.75) is 31.8 Å². The van der Waals surface area contributed by atoms with Gasteiger partial charge in [0.2, 0.25) is 10.0 Å². The second-order valence-electron chi connectivity index (χ2n) is 5.43. The number of hydrogen-bond donors (Lipinski definition) is 3. The molecule has 0 saturated carbocycles. The van der Waals surface area contributed by atoms with Crippen LogP contribution in [-0.4, -0.2) is 73.2 Å². The lowest BCUT2D eigenvalue weighted by Gasteiger charge is -2.22. The molecule has 23 heavy (non-hydrogen) atoms. The number of nitrogens with one attached hydrogen (secondary N) is 3. The first-order valence-corrected chi connectivity index (χ1v) is 9.75. The maximum Gasteiger partial charge on any atom is 0.213 e. The smallest absolute Gasteiger partial charge is 0.213 e. The lowest BCUT2D eigenvalue weighted by atomic mass is 10.1. The van der Waals surface area contributed by atoms with E-state index in [1.165, 1.54) is 0 Å². The fourth-order valence-corrected chi connectivity index (χ4v) is 3.16. The van der Waals surface area contributed by atoms with Crippen molar-refractivity contribution < 1.29 is 17.9 Å². The van der Waals surface area contributed by atoms with E-state index in [9.17, 15) is 8.42 Å². The van der Waals surface area contributed by atoms with Gasteiger partial charge < -0.3 is 20.1 Å². The van der Waals surface area contributed by atoms with E-state index in [-0.39, 0.29) is 11.9 Å². The lowest BCUT2D eigenvalue weighted by molar-refractivity contribution is 0.0200. The highest BCUT2D eigenvalue weighted by atomic mass is 32.2. The highest BCUT2D eigenvalue weighted by Crippen LogP contribution is 2.11. The van der Waals surface area contributed by atoms with Crippen LogP contribution in [0.5, 0.6) is 0 Å². The number of aliphatic imine (C=N–C) groups is 1. The Morgan fingerprint density at radius 2 is 2.09 bits per heavy atom. The summed E-state index contributed by atoms with van der Waals surface area (Å²) in [5, 5.41) is 6.09. The molecule has 0 aromatic rings. The first kappa shape index (κ1) is 20.1. The predicted octanol–water partition coefficient (Wildman–Crippen LogP) is -0.324. The summed E-state index contributed by atoms with van der Waals surface area (Å²) >= 11 is 0. The molecule has 1 fully saturated rings. The van der Waals surface area contributed by atoms with E-state index < -0.39 is 10.0 Å². The predicted molar refractivity (Wildman–Crippen MR) is 91.2 cm³/mol. The average Bonchev–Trinajstić information content (AvgIpc) is 2.56. The van der Waals surface area contributed by atoms with E-state index in [4.69, 9.17) is 9.47 Å². The van der Waals surface area contributed by atoms with E-state index in [1.54, 1.807) is 14.2 Å². The Hall–Kier alpha value is -0.900. The van der Waals surface area contributed by atoms with Gasteiger partial charge in [0.15, 0.2) is 5.96 Å². The number of ether oxygens (including phenoxy) is 2. The van der Waals surface area contributed by atoms with Gasteiger partial charge in [0.25, 0.3) is 0 Å². The fraction of sp³-hybridized carbons (Fsp3) is 0.929. The van der Waals surface area contributed by atoms with Gasteiger partial charge in [-0.2, -0.15) is 0 Å². The summed E-state index contributed by atoms with van der Waals surface area (Å²) in [6.07, 6.45) is 3.93. The summed E-state index contributed by atoms with van der Waals surface area (Å²) in [5.74, 6) is 0.588. The molecule has 1 atom stereocenters. The van der Waals surface area contributed by atoms with Crippen LogP contribution in [0.2, 0.25) is 0 Å². The van der Waals surface area contributed by atoms with Crippen LogP contribution < -0.4 is 15.4 Å². The Morgan fingerprint density at radius 1 is 1.30 bits per heavy atom. The quantitative estimate of drug-likeness (QED) is 0.283. The van der Waals surface area contributed by atoms with Gasteiger partial charge in [-0.3, -0.25) is 4.99 Å². The Bertz CT molecular complexity index is 436. The van der Waals surface area contributed by atoms with Gasteiger partial charge in [-0.05, 0) is 25.7 Å². The van der Waals surface area contributed by atoms with Gasteiger partial charge in [0.05, 0.1) is 11.9 Å². The summed E-state index contributed by atoms with van der Waals surface area (Å²) in [6, 6.07) is 0. The number of methoxy groups -OCH3 is 1. The van der Waals surface area contributed by atoms with E-state index in [0.29, 0.717) is 25.7 Å². The average molecular weight is 350 g/mol. The van der Waals surface area contributed by atoms with Crippen molar-refractivity contribution in [3.8, 4) is 0 Å². The van der Waals surface area contributed by atoms with Crippen LogP contribution >= 0.6 is 0 Å². The van der Waals surface area contributed by atoms with Crippen molar-refractivity contribution in [2.24, 2.45) is 4.99 Å². The van der Waals surface area contributed by atoms with Crippen LogP contribution in [0.3, 0.4) is 0 Å². The Morgan fingerprint density at radius 3 is 2.74 bits per heavy atom. The molecule has 0 aromatic heterocycles. The monoisotopic (exact) mass is 350 g/mol. The largest absolute Gasteiger partial charge is 0.385 e. The topological polar surface area (TPSA) is 101 Å². The first-order chi connectivity index (χ1) is 11.1. The van der Waals surface area contributed by atoms with Crippen LogP contribution in [0.15, 0.2) is 4.99 Å². The van der Waals surface area contributed by atoms with Gasteiger partial charge in [-0.1, -0.05) is 0 Å². The highest BCUT2D eigenvalue weighted by molar-refractivity contribution is 7.89. The molecule has 1 saturated heterocycles. The Kier molecular flexibility index (Phi) is 10.2. The second kappa shape index (κ2) is 11.6. The fourth-order valence-electron chi connectivity index (χ4n) is 2.21. The van der Waals surface area contributed by atoms with Crippen LogP contribution in [0.1, 0.15) is 25.7 Å². The minimum absolute atomic E-state index is 0.00150. The summed E-state index contributed by atoms with van der Waals surface area (Å²) < 4.78 is 37.0. The molecule has 0 spiro atoms. The Labute approximate surface area is 139 Å². The number of nitrogens with zero attached hydrogens (tertiary/aromatic N) is 1. The molecule has 136 valence electrons. The molecule has 8 nitrogen and oxygen atoms in total. The summed E-state index contributed by atoms with van der Waals surface area (Å²) in [4.78, 5) is 4.04. The van der Waals surface area contributed by atoms with Crippen molar-refractivity contribution in [2.75, 3.05) is 52.8 Å². The molecular weight excluding hydrogens is 320 g/mol. The molecule has 1 aliphatic rings. The van der Waals surface area contributed by atoms with Crippen molar-refractivity contribution in [1.82, 2.24) is 15.4 Å². The molecule has 1 unspecified atom stereocenters. The van der Waals surface area contributed by atoms with E-state index in [1.807, 2.05) is 0 Å². The SMILES string of the molecule is CN=C(NCCCOC)NCCS(=O)(=O)NCC1CCCCO1. The molecule has 1 heterocycles. The van der Waals surface area contributed by atoms with Crippen molar-refractivity contribution in [3.63, 3.8) is 0 Å². The minimum atomic E-state index is -3.31. The van der Waals surface area contributed by atoms with Crippen LogP contribution in [-0.2, 0) is 19.5 Å². The molecule has 0 bridgehead atoms. The third-order valence-corrected chi connectivity index (χ3v) is 4.86. The third-order valence-electron chi connectivity index (χ3n) is 3.51. The number of hydrogen-bond acceptors (Lipinski definition) is 5. The summed E-state index contributed by atoms with van der Waals surface area (Å²) in [5.41, 5.74) is 0. The lowest BCUT2D eigenvalue weighted by Crippen LogP contribution is -2.42. The highest BCUT2D eigenvalue weighted by Gasteiger charge is 2.17. The number of sulfonamides is 1. The van der Waals surface area contributed by atoms with E-state index in [0.717, 1.165) is 38.8 Å². The molecule has 0 aromatic carbocycles. The molecule has 9 heteroatoms. The minimum Gasteiger partial charge on any atom is -0.385 e. The van der Waals surface area contributed by atoms with Gasteiger partial charge in [0.1, 0.15) is 0 Å². The summed E-state index contributed by atoms with van der Waals surface area (Å²) in [7, 11) is -0.00159. The summed E-state index contributed by atoms with van der Waals surface area (Å²) in [6.45, 7) is 2.76. The van der Waals surface area contributed by atoms with Crippen molar-refractivity contribution >= 4 is 16.0 Å². The van der Waals surface area contributed by atoms with Crippen molar-refractivity contribution in [1.29, 1.82) is 0 Å². The first-order valence-electron chi connectivity index (χ1n) is 8.10. The zero-order chi connectivity index (χ0) is 17.0. The van der Waals surface area contributed by atoms with Crippen LogP contribution in [0.4, 0.5) is 0 Å². The third kappa shape index (κ3) is 9.75. The maximum absolute atomic E-state index is 12.0. The molecule has 0 amide bonds. The van der Waals surface area contributed by atoms with Gasteiger partial charge in [0, 0.05) is 47.0 Å². The zero-order valence-corrected chi connectivity index (χ0v) is 15.0. The van der Waals surface area contributed by atoms with Gasteiger partial charge in [-0.15, -0.1) is 0 Å². The van der Waals surface area contributed by atoms with Gasteiger partial charge >= 0.3 is 0 Å². The van der Waals surface area contributed by atoms with E-state index >= 15 is 0 Å². The maximum atomic E-state index is 12.0. The normalized spacial score (nSPS) is 19.6. The van der Waals surface area contributed by atoms with E-state index in [2.05, 4.69) is 20.3 Å². The molecular formula is C14H30N4O4S. The number of rotatable bonds is 10. The molecule has 0 aliphatic carbocycles. The molecule has 1 rings (SSSR count). The Balaban J connectivity index is 2.18. The van der Waals surface area contributed by atoms with Crippen molar-refractivity contribution in [3.05, 3.63) is 0 Å². The molecule has 1 aliphatic heterocycles. The standard InChI is InChI=1S/C14H30N4O4S/c1-15-14(16-7-5-9-21-2)17-8-11-23(19,20)18-12-13-6-3-4-10-22-13/h13,18H,3-12H2,1-2H3,(H2,15,16,17). The van der Waals surface area contributed by atoms with Gasteiger partial charge in [-0.25, -0.2) is 13.1 Å².